The van der Waals surface area contributed by atoms with Crippen molar-refractivity contribution in [2.45, 2.75) is 13.8 Å². The van der Waals surface area contributed by atoms with Gasteiger partial charge < -0.3 is 15.2 Å². The van der Waals surface area contributed by atoms with E-state index in [1.165, 1.54) is 0 Å². The zero-order valence-electron chi connectivity index (χ0n) is 15.1. The van der Waals surface area contributed by atoms with E-state index in [0.29, 0.717) is 0 Å². The third kappa shape index (κ3) is 2.93. The van der Waals surface area contributed by atoms with E-state index < -0.39 is 0 Å². The summed E-state index contributed by atoms with van der Waals surface area (Å²) in [6.07, 6.45) is 0. The van der Waals surface area contributed by atoms with E-state index in [4.69, 9.17) is 15.2 Å². The van der Waals surface area contributed by atoms with Gasteiger partial charge in [0, 0.05) is 27.9 Å². The van der Waals surface area contributed by atoms with Gasteiger partial charge >= 0.3 is 0 Å². The minimum Gasteiger partial charge on any atom is -0.496 e. The van der Waals surface area contributed by atoms with E-state index in [1.807, 2.05) is 48.5 Å². The van der Waals surface area contributed by atoms with Gasteiger partial charge in [0.25, 0.3) is 0 Å². The van der Waals surface area contributed by atoms with Crippen LogP contribution in [-0.4, -0.2) is 14.2 Å². The molecule has 0 heterocycles. The number of anilines is 1. The molecule has 25 heavy (non-hydrogen) atoms. The highest BCUT2D eigenvalue weighted by Gasteiger charge is 2.19. The van der Waals surface area contributed by atoms with Gasteiger partial charge in [-0.25, -0.2) is 0 Å². The number of para-hydroxylation sites is 2. The van der Waals surface area contributed by atoms with Crippen LogP contribution in [0.25, 0.3) is 22.3 Å². The topological polar surface area (TPSA) is 44.5 Å². The first kappa shape index (κ1) is 16.9. The smallest absolute Gasteiger partial charge is 0.126 e. The molecule has 0 aromatic heterocycles. The highest BCUT2D eigenvalue weighted by molar-refractivity contribution is 5.95. The number of ether oxygens (including phenoxy) is 2. The number of aryl methyl sites for hydroxylation is 2. The lowest BCUT2D eigenvalue weighted by atomic mass is 9.88. The molecule has 128 valence electrons. The molecule has 0 spiro atoms. The van der Waals surface area contributed by atoms with Crippen LogP contribution in [-0.2, 0) is 0 Å². The molecule has 0 bridgehead atoms. The van der Waals surface area contributed by atoms with E-state index in [0.717, 1.165) is 50.6 Å². The van der Waals surface area contributed by atoms with E-state index in [2.05, 4.69) is 19.9 Å². The van der Waals surface area contributed by atoms with Gasteiger partial charge in [0.05, 0.1) is 14.2 Å². The number of hydrogen-bond acceptors (Lipinski definition) is 3. The van der Waals surface area contributed by atoms with Crippen LogP contribution in [0.5, 0.6) is 11.5 Å². The lowest BCUT2D eigenvalue weighted by molar-refractivity contribution is 0.416. The monoisotopic (exact) mass is 333 g/mol. The summed E-state index contributed by atoms with van der Waals surface area (Å²) in [5.74, 6) is 1.62. The van der Waals surface area contributed by atoms with Gasteiger partial charge in [-0.1, -0.05) is 42.5 Å². The summed E-state index contributed by atoms with van der Waals surface area (Å²) in [5, 5.41) is 0. The Morgan fingerprint density at radius 2 is 1.08 bits per heavy atom. The van der Waals surface area contributed by atoms with Crippen molar-refractivity contribution in [3.63, 3.8) is 0 Å². The van der Waals surface area contributed by atoms with Crippen molar-refractivity contribution in [2.24, 2.45) is 0 Å². The van der Waals surface area contributed by atoms with Crippen molar-refractivity contribution in [1.29, 1.82) is 0 Å². The van der Waals surface area contributed by atoms with Crippen LogP contribution in [0.2, 0.25) is 0 Å². The fourth-order valence-electron chi connectivity index (χ4n) is 3.44. The molecule has 3 aromatic carbocycles. The maximum Gasteiger partial charge on any atom is 0.126 e. The second-order valence-electron chi connectivity index (χ2n) is 6.07. The molecule has 3 rings (SSSR count). The predicted molar refractivity (Wildman–Crippen MR) is 104 cm³/mol. The summed E-state index contributed by atoms with van der Waals surface area (Å²) in [6, 6.07) is 18.1. The third-order valence-electron chi connectivity index (χ3n) is 4.51. The number of nitrogen functional groups attached to an aromatic ring is 1. The predicted octanol–water partition coefficient (Wildman–Crippen LogP) is 5.24. The van der Waals surface area contributed by atoms with Gasteiger partial charge in [0.15, 0.2) is 0 Å². The number of nitrogens with two attached hydrogens (primary N) is 1. The zero-order valence-corrected chi connectivity index (χ0v) is 15.1. The molecule has 0 aliphatic carbocycles. The van der Waals surface area contributed by atoms with Crippen molar-refractivity contribution in [3.05, 3.63) is 65.7 Å². The van der Waals surface area contributed by atoms with Gasteiger partial charge in [-0.05, 0) is 37.1 Å². The first-order chi connectivity index (χ1) is 12.1. The molecule has 3 nitrogen and oxygen atoms in total. The van der Waals surface area contributed by atoms with E-state index in [9.17, 15) is 0 Å². The summed E-state index contributed by atoms with van der Waals surface area (Å²) in [5.41, 5.74) is 13.7. The maximum atomic E-state index is 6.69. The Morgan fingerprint density at radius 3 is 1.48 bits per heavy atom. The molecular formula is C22H23NO2. The Kier molecular flexibility index (Phi) is 4.66. The second kappa shape index (κ2) is 6.89. The van der Waals surface area contributed by atoms with Gasteiger partial charge in [-0.2, -0.15) is 0 Å². The van der Waals surface area contributed by atoms with E-state index in [1.54, 1.807) is 14.2 Å². The SMILES string of the molecule is COc1ccccc1-c1c(C)cc(C)c(-c2ccccc2OC)c1N. The van der Waals surface area contributed by atoms with Gasteiger partial charge in [-0.3, -0.25) is 0 Å². The number of rotatable bonds is 4. The Bertz CT molecular complexity index is 844. The second-order valence-corrected chi connectivity index (χ2v) is 6.07. The van der Waals surface area contributed by atoms with Crippen LogP contribution < -0.4 is 15.2 Å². The van der Waals surface area contributed by atoms with Crippen LogP contribution in [0.3, 0.4) is 0 Å². The first-order valence-corrected chi connectivity index (χ1v) is 8.25. The molecule has 0 radical (unpaired) electrons. The number of methoxy groups -OCH3 is 2. The summed E-state index contributed by atoms with van der Waals surface area (Å²) in [7, 11) is 3.36. The highest BCUT2D eigenvalue weighted by Crippen LogP contribution is 2.44. The highest BCUT2D eigenvalue weighted by atomic mass is 16.5. The molecule has 0 atom stereocenters. The largest absolute Gasteiger partial charge is 0.496 e. The fourth-order valence-corrected chi connectivity index (χ4v) is 3.44. The normalized spacial score (nSPS) is 10.6. The number of benzene rings is 3. The van der Waals surface area contributed by atoms with Crippen molar-refractivity contribution in [3.8, 4) is 33.8 Å². The molecular weight excluding hydrogens is 310 g/mol. The van der Waals surface area contributed by atoms with Gasteiger partial charge in [-0.15, -0.1) is 0 Å². The number of hydrogen-bond donors (Lipinski definition) is 1. The Labute approximate surface area is 149 Å². The minimum absolute atomic E-state index is 0.742. The molecule has 0 amide bonds. The molecule has 0 aliphatic heterocycles. The lowest BCUT2D eigenvalue weighted by Crippen LogP contribution is -2.01. The summed E-state index contributed by atoms with van der Waals surface area (Å²) in [6.45, 7) is 4.16. The molecule has 0 saturated carbocycles. The molecule has 0 unspecified atom stereocenters. The van der Waals surface area contributed by atoms with E-state index in [-0.39, 0.29) is 0 Å². The first-order valence-electron chi connectivity index (χ1n) is 8.25. The van der Waals surface area contributed by atoms with Crippen LogP contribution in [0, 0.1) is 13.8 Å². The van der Waals surface area contributed by atoms with Crippen molar-refractivity contribution in [2.75, 3.05) is 20.0 Å². The molecule has 0 aliphatic rings. The standard InChI is InChI=1S/C22H23NO2/c1-14-13-15(2)21(17-10-6-8-12-19(17)25-4)22(23)20(14)16-9-5-7-11-18(16)24-3/h5-13H,23H2,1-4H3. The Morgan fingerprint density at radius 1 is 0.680 bits per heavy atom. The minimum atomic E-state index is 0.742. The molecule has 0 fully saturated rings. The van der Waals surface area contributed by atoms with Crippen LogP contribution in [0.15, 0.2) is 54.6 Å². The van der Waals surface area contributed by atoms with Crippen LogP contribution >= 0.6 is 0 Å². The van der Waals surface area contributed by atoms with Crippen LogP contribution in [0.1, 0.15) is 11.1 Å². The molecule has 3 aromatic rings. The summed E-state index contributed by atoms with van der Waals surface area (Å²) in [4.78, 5) is 0. The fraction of sp³-hybridized carbons (Fsp3) is 0.182. The molecule has 3 heteroatoms. The van der Waals surface area contributed by atoms with Gasteiger partial charge in [0.1, 0.15) is 11.5 Å². The van der Waals surface area contributed by atoms with Crippen molar-refractivity contribution >= 4 is 5.69 Å². The summed E-state index contributed by atoms with van der Waals surface area (Å²) < 4.78 is 11.1. The average Bonchev–Trinajstić information content (AvgIpc) is 2.62. The van der Waals surface area contributed by atoms with Crippen LogP contribution in [0.4, 0.5) is 5.69 Å². The zero-order chi connectivity index (χ0) is 18.0. The quantitative estimate of drug-likeness (QED) is 0.664. The van der Waals surface area contributed by atoms with Crippen molar-refractivity contribution < 1.29 is 9.47 Å². The van der Waals surface area contributed by atoms with E-state index >= 15 is 0 Å². The Balaban J connectivity index is 2.33. The lowest BCUT2D eigenvalue weighted by Gasteiger charge is -2.20. The third-order valence-corrected chi connectivity index (χ3v) is 4.51. The van der Waals surface area contributed by atoms with Crippen molar-refractivity contribution in [1.82, 2.24) is 0 Å². The van der Waals surface area contributed by atoms with Gasteiger partial charge in [0.2, 0.25) is 0 Å². The molecule has 2 N–H and O–H groups in total. The average molecular weight is 333 g/mol. The Hall–Kier alpha value is -2.94. The summed E-state index contributed by atoms with van der Waals surface area (Å²) >= 11 is 0. The maximum absolute atomic E-state index is 6.69. The molecule has 0 saturated heterocycles.